The van der Waals surface area contributed by atoms with Crippen LogP contribution in [0.4, 0.5) is 0 Å². The fraction of sp³-hybridized carbons (Fsp3) is 0.800. The number of nitrogens with zero attached hydrogens (tertiary/aromatic N) is 4. The van der Waals surface area contributed by atoms with Crippen LogP contribution in [-0.4, -0.2) is 47.0 Å². The Morgan fingerprint density at radius 3 is 2.73 bits per heavy atom. The van der Waals surface area contributed by atoms with Crippen molar-refractivity contribution in [2.45, 2.75) is 46.2 Å². The van der Waals surface area contributed by atoms with Gasteiger partial charge in [0.05, 0.1) is 6.61 Å². The number of methoxy groups -OCH3 is 1. The van der Waals surface area contributed by atoms with Crippen molar-refractivity contribution in [2.75, 3.05) is 20.3 Å². The summed E-state index contributed by atoms with van der Waals surface area (Å²) in [5, 5.41) is 14.6. The SMILES string of the molecule is COCCNC(=NCc1nncn1C)N[C@@H](C)CCC(C)C. The van der Waals surface area contributed by atoms with Gasteiger partial charge in [0.25, 0.3) is 0 Å². The molecule has 0 saturated carbocycles. The third-order valence-corrected chi connectivity index (χ3v) is 3.34. The molecule has 2 N–H and O–H groups in total. The Bertz CT molecular complexity index is 443. The summed E-state index contributed by atoms with van der Waals surface area (Å²) in [7, 11) is 3.61. The van der Waals surface area contributed by atoms with Crippen molar-refractivity contribution in [3.05, 3.63) is 12.2 Å². The van der Waals surface area contributed by atoms with E-state index in [1.807, 2.05) is 11.6 Å². The van der Waals surface area contributed by atoms with Crippen molar-refractivity contribution in [1.29, 1.82) is 0 Å². The highest BCUT2D eigenvalue weighted by molar-refractivity contribution is 5.80. The number of ether oxygens (including phenoxy) is 1. The van der Waals surface area contributed by atoms with Gasteiger partial charge in [-0.3, -0.25) is 0 Å². The second-order valence-corrected chi connectivity index (χ2v) is 5.96. The van der Waals surface area contributed by atoms with Crippen molar-refractivity contribution < 1.29 is 4.74 Å². The fourth-order valence-electron chi connectivity index (χ4n) is 1.91. The first-order valence-electron chi connectivity index (χ1n) is 7.89. The van der Waals surface area contributed by atoms with Gasteiger partial charge in [-0.15, -0.1) is 10.2 Å². The number of aliphatic imine (C=N–C) groups is 1. The van der Waals surface area contributed by atoms with Crippen molar-refractivity contribution >= 4 is 5.96 Å². The standard InChI is InChI=1S/C15H30N6O/c1-12(2)6-7-13(3)19-15(16-8-9-22-5)17-10-14-20-18-11-21(14)4/h11-13H,6-10H2,1-5H3,(H2,16,17,19)/t13-/m0/s1. The van der Waals surface area contributed by atoms with E-state index < -0.39 is 0 Å². The normalized spacial score (nSPS) is 13.5. The van der Waals surface area contributed by atoms with E-state index in [4.69, 9.17) is 4.74 Å². The third-order valence-electron chi connectivity index (χ3n) is 3.34. The summed E-state index contributed by atoms with van der Waals surface area (Å²) in [6, 6.07) is 0.371. The Kier molecular flexibility index (Phi) is 8.50. The van der Waals surface area contributed by atoms with Crippen molar-refractivity contribution in [1.82, 2.24) is 25.4 Å². The molecule has 0 aliphatic heterocycles. The van der Waals surface area contributed by atoms with Gasteiger partial charge >= 0.3 is 0 Å². The minimum absolute atomic E-state index is 0.371. The first-order valence-corrected chi connectivity index (χ1v) is 7.89. The number of nitrogens with one attached hydrogen (secondary N) is 2. The molecule has 22 heavy (non-hydrogen) atoms. The largest absolute Gasteiger partial charge is 0.383 e. The predicted molar refractivity (Wildman–Crippen MR) is 88.7 cm³/mol. The summed E-state index contributed by atoms with van der Waals surface area (Å²) >= 11 is 0. The van der Waals surface area contributed by atoms with Crippen molar-refractivity contribution in [3.8, 4) is 0 Å². The van der Waals surface area contributed by atoms with Crippen LogP contribution in [0.15, 0.2) is 11.3 Å². The lowest BCUT2D eigenvalue weighted by Crippen LogP contribution is -2.43. The van der Waals surface area contributed by atoms with E-state index in [2.05, 4.69) is 46.6 Å². The molecule has 0 aliphatic rings. The zero-order valence-electron chi connectivity index (χ0n) is 14.5. The summed E-state index contributed by atoms with van der Waals surface area (Å²) in [5.74, 6) is 2.34. The monoisotopic (exact) mass is 310 g/mol. The zero-order valence-corrected chi connectivity index (χ0v) is 14.5. The van der Waals surface area contributed by atoms with Crippen molar-refractivity contribution in [3.63, 3.8) is 0 Å². The number of aryl methyl sites for hydroxylation is 1. The van der Waals surface area contributed by atoms with E-state index in [9.17, 15) is 0 Å². The van der Waals surface area contributed by atoms with Crippen molar-refractivity contribution in [2.24, 2.45) is 18.0 Å². The van der Waals surface area contributed by atoms with E-state index in [1.54, 1.807) is 13.4 Å². The lowest BCUT2D eigenvalue weighted by atomic mass is 10.0. The first-order chi connectivity index (χ1) is 10.5. The molecule has 1 aromatic rings. The number of guanidine groups is 1. The molecule has 1 rings (SSSR count). The van der Waals surface area contributed by atoms with E-state index >= 15 is 0 Å². The molecule has 0 unspecified atom stereocenters. The molecular formula is C15H30N6O. The summed E-state index contributed by atoms with van der Waals surface area (Å²) in [6.45, 7) is 8.52. The smallest absolute Gasteiger partial charge is 0.191 e. The number of hydrogen-bond acceptors (Lipinski definition) is 4. The Balaban J connectivity index is 2.56. The van der Waals surface area contributed by atoms with Gasteiger partial charge in [0, 0.05) is 26.7 Å². The lowest BCUT2D eigenvalue weighted by molar-refractivity contribution is 0.203. The number of aromatic nitrogens is 3. The Labute approximate surface area is 133 Å². The molecule has 0 saturated heterocycles. The maximum atomic E-state index is 5.07. The molecule has 0 radical (unpaired) electrons. The first kappa shape index (κ1) is 18.4. The summed E-state index contributed by atoms with van der Waals surface area (Å²) < 4.78 is 6.95. The van der Waals surface area contributed by atoms with Crippen LogP contribution >= 0.6 is 0 Å². The summed E-state index contributed by atoms with van der Waals surface area (Å²) in [5.41, 5.74) is 0. The maximum absolute atomic E-state index is 5.07. The quantitative estimate of drug-likeness (QED) is 0.409. The second-order valence-electron chi connectivity index (χ2n) is 5.96. The van der Waals surface area contributed by atoms with Crippen LogP contribution in [-0.2, 0) is 18.3 Å². The van der Waals surface area contributed by atoms with Crippen LogP contribution in [0.25, 0.3) is 0 Å². The molecule has 1 atom stereocenters. The van der Waals surface area contributed by atoms with Crippen LogP contribution < -0.4 is 10.6 Å². The van der Waals surface area contributed by atoms with E-state index in [0.717, 1.165) is 24.7 Å². The van der Waals surface area contributed by atoms with Gasteiger partial charge in [-0.25, -0.2) is 4.99 Å². The van der Waals surface area contributed by atoms with Crippen LogP contribution in [0.1, 0.15) is 39.4 Å². The second kappa shape index (κ2) is 10.2. The minimum atomic E-state index is 0.371. The predicted octanol–water partition coefficient (Wildman–Crippen LogP) is 1.32. The maximum Gasteiger partial charge on any atom is 0.191 e. The molecule has 1 aromatic heterocycles. The molecule has 0 aliphatic carbocycles. The van der Waals surface area contributed by atoms with Crippen LogP contribution in [0.2, 0.25) is 0 Å². The van der Waals surface area contributed by atoms with Gasteiger partial charge < -0.3 is 19.9 Å². The Morgan fingerprint density at radius 1 is 1.36 bits per heavy atom. The molecule has 7 nitrogen and oxygen atoms in total. The molecule has 1 heterocycles. The number of rotatable bonds is 9. The average molecular weight is 310 g/mol. The van der Waals surface area contributed by atoms with Gasteiger partial charge in [-0.2, -0.15) is 0 Å². The topological polar surface area (TPSA) is 76.4 Å². The minimum Gasteiger partial charge on any atom is -0.383 e. The highest BCUT2D eigenvalue weighted by Gasteiger charge is 2.07. The van der Waals surface area contributed by atoms with Gasteiger partial charge in [-0.1, -0.05) is 13.8 Å². The van der Waals surface area contributed by atoms with Crippen LogP contribution in [0, 0.1) is 5.92 Å². The summed E-state index contributed by atoms with van der Waals surface area (Å²) in [6.07, 6.45) is 4.00. The Hall–Kier alpha value is -1.63. The molecule has 0 bridgehead atoms. The van der Waals surface area contributed by atoms with Gasteiger partial charge in [-0.05, 0) is 25.7 Å². The van der Waals surface area contributed by atoms with Gasteiger partial charge in [0.2, 0.25) is 0 Å². The average Bonchev–Trinajstić information content (AvgIpc) is 2.88. The molecule has 0 amide bonds. The molecule has 7 heteroatoms. The molecule has 126 valence electrons. The molecule has 0 fully saturated rings. The highest BCUT2D eigenvalue weighted by Crippen LogP contribution is 2.06. The van der Waals surface area contributed by atoms with E-state index in [0.29, 0.717) is 25.1 Å². The van der Waals surface area contributed by atoms with E-state index in [1.165, 1.54) is 6.42 Å². The molecule has 0 aromatic carbocycles. The zero-order chi connectivity index (χ0) is 16.4. The molecular weight excluding hydrogens is 280 g/mol. The Morgan fingerprint density at radius 2 is 2.14 bits per heavy atom. The van der Waals surface area contributed by atoms with Gasteiger partial charge in [0.15, 0.2) is 11.8 Å². The molecule has 0 spiro atoms. The van der Waals surface area contributed by atoms with Crippen LogP contribution in [0.3, 0.4) is 0 Å². The number of hydrogen-bond donors (Lipinski definition) is 2. The highest BCUT2D eigenvalue weighted by atomic mass is 16.5. The van der Waals surface area contributed by atoms with E-state index in [-0.39, 0.29) is 0 Å². The lowest BCUT2D eigenvalue weighted by Gasteiger charge is -2.19. The summed E-state index contributed by atoms with van der Waals surface area (Å²) in [4.78, 5) is 4.58. The fourth-order valence-corrected chi connectivity index (χ4v) is 1.91. The van der Waals surface area contributed by atoms with Crippen LogP contribution in [0.5, 0.6) is 0 Å². The van der Waals surface area contributed by atoms with Gasteiger partial charge in [0.1, 0.15) is 12.9 Å². The third kappa shape index (κ3) is 7.40.